The molecule has 0 unspecified atom stereocenters. The van der Waals surface area contributed by atoms with E-state index in [0.29, 0.717) is 35.4 Å². The molecule has 0 atom stereocenters. The van der Waals surface area contributed by atoms with Crippen molar-refractivity contribution in [1.29, 1.82) is 0 Å². The van der Waals surface area contributed by atoms with Gasteiger partial charge >= 0.3 is 0 Å². The second kappa shape index (κ2) is 9.51. The molecule has 1 N–H and O–H groups in total. The molecule has 2 amide bonds. The molecule has 3 rings (SSSR count). The Morgan fingerprint density at radius 1 is 1.12 bits per heavy atom. The molecule has 172 valence electrons. The number of anilines is 2. The summed E-state index contributed by atoms with van der Waals surface area (Å²) in [6.07, 6.45) is 0.184. The second-order valence-corrected chi connectivity index (χ2v) is 9.08. The number of amides is 2. The van der Waals surface area contributed by atoms with Crippen LogP contribution in [0.4, 0.5) is 11.4 Å². The van der Waals surface area contributed by atoms with Gasteiger partial charge in [-0.15, -0.1) is 0 Å². The lowest BCUT2D eigenvalue weighted by molar-refractivity contribution is -0.127. The molecule has 2 aromatic carbocycles. The van der Waals surface area contributed by atoms with E-state index in [1.165, 1.54) is 0 Å². The molecular formula is C25H32N2O5. The van der Waals surface area contributed by atoms with Gasteiger partial charge in [0.05, 0.1) is 31.7 Å². The molecule has 0 radical (unpaired) electrons. The van der Waals surface area contributed by atoms with Crippen LogP contribution >= 0.6 is 0 Å². The molecule has 1 aliphatic heterocycles. The number of carbonyl (C=O) groups excluding carboxylic acids is 2. The molecule has 7 nitrogen and oxygen atoms in total. The molecule has 0 aromatic heterocycles. The third-order valence-corrected chi connectivity index (χ3v) is 5.31. The van der Waals surface area contributed by atoms with Crippen LogP contribution in [0, 0.1) is 11.3 Å². The number of ether oxygens (including phenoxy) is 3. The first kappa shape index (κ1) is 23.4. The van der Waals surface area contributed by atoms with E-state index in [4.69, 9.17) is 14.2 Å². The van der Waals surface area contributed by atoms with Crippen molar-refractivity contribution >= 4 is 23.2 Å². The van der Waals surface area contributed by atoms with E-state index >= 15 is 0 Å². The van der Waals surface area contributed by atoms with Gasteiger partial charge in [0.25, 0.3) is 0 Å². The van der Waals surface area contributed by atoms with Crippen LogP contribution in [0.2, 0.25) is 0 Å². The van der Waals surface area contributed by atoms with Crippen molar-refractivity contribution in [3.05, 3.63) is 42.0 Å². The molecule has 1 heterocycles. The zero-order valence-corrected chi connectivity index (χ0v) is 19.7. The van der Waals surface area contributed by atoms with Gasteiger partial charge in [0.2, 0.25) is 11.8 Å². The summed E-state index contributed by atoms with van der Waals surface area (Å²) < 4.78 is 16.5. The minimum Gasteiger partial charge on any atom is -0.493 e. The molecule has 0 fully saturated rings. The average Bonchev–Trinajstić information content (AvgIpc) is 2.83. The molecule has 2 aromatic rings. The molecular weight excluding hydrogens is 408 g/mol. The second-order valence-electron chi connectivity index (χ2n) is 9.08. The summed E-state index contributed by atoms with van der Waals surface area (Å²) in [5.41, 5.74) is 1.52. The highest BCUT2D eigenvalue weighted by Crippen LogP contribution is 2.38. The number of nitrogens with zero attached hydrogens (tertiary/aromatic N) is 1. The van der Waals surface area contributed by atoms with Gasteiger partial charge in [-0.05, 0) is 49.6 Å². The fraction of sp³-hybridized carbons (Fsp3) is 0.440. The lowest BCUT2D eigenvalue weighted by atomic mass is 9.92. The number of hydrogen-bond acceptors (Lipinski definition) is 5. The molecule has 0 aliphatic carbocycles. The summed E-state index contributed by atoms with van der Waals surface area (Å²) in [6, 6.07) is 10.8. The number of carbonyl (C=O) groups is 2. The first-order valence-electron chi connectivity index (χ1n) is 10.7. The van der Waals surface area contributed by atoms with Gasteiger partial charge in [0.15, 0.2) is 11.5 Å². The predicted molar refractivity (Wildman–Crippen MR) is 125 cm³/mol. The van der Waals surface area contributed by atoms with Crippen molar-refractivity contribution < 1.29 is 23.8 Å². The molecule has 0 saturated heterocycles. The quantitative estimate of drug-likeness (QED) is 0.695. The minimum atomic E-state index is -0.634. The Balaban J connectivity index is 1.79. The van der Waals surface area contributed by atoms with Gasteiger partial charge in [-0.3, -0.25) is 9.59 Å². The molecule has 0 spiro atoms. The van der Waals surface area contributed by atoms with E-state index in [1.54, 1.807) is 43.4 Å². The largest absolute Gasteiger partial charge is 0.493 e. The summed E-state index contributed by atoms with van der Waals surface area (Å²) in [4.78, 5) is 27.5. The first-order chi connectivity index (χ1) is 15.1. The topological polar surface area (TPSA) is 77.1 Å². The van der Waals surface area contributed by atoms with Gasteiger partial charge < -0.3 is 24.4 Å². The Morgan fingerprint density at radius 2 is 1.84 bits per heavy atom. The Labute approximate surface area is 189 Å². The van der Waals surface area contributed by atoms with E-state index in [1.807, 2.05) is 26.0 Å². The fourth-order valence-corrected chi connectivity index (χ4v) is 3.65. The summed E-state index contributed by atoms with van der Waals surface area (Å²) in [5, 5.41) is 2.92. The third-order valence-electron chi connectivity index (χ3n) is 5.31. The maximum atomic E-state index is 13.1. The number of rotatable bonds is 7. The van der Waals surface area contributed by atoms with Crippen LogP contribution in [-0.4, -0.2) is 39.2 Å². The Hall–Kier alpha value is -3.22. The number of benzene rings is 2. The van der Waals surface area contributed by atoms with Gasteiger partial charge in [-0.25, -0.2) is 0 Å². The van der Waals surface area contributed by atoms with Crippen LogP contribution in [0.3, 0.4) is 0 Å². The van der Waals surface area contributed by atoms with Crippen LogP contribution in [0.25, 0.3) is 0 Å². The SMILES string of the molecule is COc1ccc(CC(=O)Nc2ccc3c(c2)OCC(C)(C)C(=O)N3CC(C)C)cc1OC. The molecule has 0 bridgehead atoms. The highest BCUT2D eigenvalue weighted by atomic mass is 16.5. The summed E-state index contributed by atoms with van der Waals surface area (Å²) in [5.74, 6) is 1.96. The summed E-state index contributed by atoms with van der Waals surface area (Å²) in [6.45, 7) is 8.81. The monoisotopic (exact) mass is 440 g/mol. The zero-order valence-electron chi connectivity index (χ0n) is 19.7. The van der Waals surface area contributed by atoms with Crippen molar-refractivity contribution in [2.75, 3.05) is 37.6 Å². The predicted octanol–water partition coefficient (Wildman–Crippen LogP) is 4.29. The number of nitrogens with one attached hydrogen (secondary N) is 1. The summed E-state index contributed by atoms with van der Waals surface area (Å²) >= 11 is 0. The third kappa shape index (κ3) is 5.15. The molecule has 1 aliphatic rings. The van der Waals surface area contributed by atoms with Gasteiger partial charge in [-0.2, -0.15) is 0 Å². The van der Waals surface area contributed by atoms with Crippen LogP contribution in [0.5, 0.6) is 17.2 Å². The molecule has 7 heteroatoms. The van der Waals surface area contributed by atoms with Gasteiger partial charge in [-0.1, -0.05) is 19.9 Å². The fourth-order valence-electron chi connectivity index (χ4n) is 3.65. The average molecular weight is 441 g/mol. The van der Waals surface area contributed by atoms with Crippen LogP contribution in [0.15, 0.2) is 36.4 Å². The maximum Gasteiger partial charge on any atom is 0.236 e. The van der Waals surface area contributed by atoms with Gasteiger partial charge in [0, 0.05) is 18.3 Å². The van der Waals surface area contributed by atoms with Crippen LogP contribution in [-0.2, 0) is 16.0 Å². The molecule has 32 heavy (non-hydrogen) atoms. The standard InChI is InChI=1S/C25H32N2O5/c1-16(2)14-27-19-9-8-18(13-21(19)32-15-25(3,4)24(27)29)26-23(28)12-17-7-10-20(30-5)22(11-17)31-6/h7-11,13,16H,12,14-15H2,1-6H3,(H,26,28). The van der Waals surface area contributed by atoms with E-state index in [2.05, 4.69) is 19.2 Å². The lowest BCUT2D eigenvalue weighted by Gasteiger charge is -2.29. The zero-order chi connectivity index (χ0) is 23.5. The Kier molecular flexibility index (Phi) is 6.96. The summed E-state index contributed by atoms with van der Waals surface area (Å²) in [7, 11) is 3.13. The van der Waals surface area contributed by atoms with Crippen molar-refractivity contribution in [2.45, 2.75) is 34.1 Å². The maximum absolute atomic E-state index is 13.1. The highest BCUT2D eigenvalue weighted by molar-refractivity contribution is 6.00. The number of fused-ring (bicyclic) bond motifs is 1. The van der Waals surface area contributed by atoms with Crippen molar-refractivity contribution in [2.24, 2.45) is 11.3 Å². The Morgan fingerprint density at radius 3 is 2.50 bits per heavy atom. The molecule has 0 saturated carbocycles. The lowest BCUT2D eigenvalue weighted by Crippen LogP contribution is -2.43. The van der Waals surface area contributed by atoms with E-state index in [-0.39, 0.29) is 24.8 Å². The highest BCUT2D eigenvalue weighted by Gasteiger charge is 2.38. The van der Waals surface area contributed by atoms with Crippen molar-refractivity contribution in [3.63, 3.8) is 0 Å². The van der Waals surface area contributed by atoms with E-state index < -0.39 is 5.41 Å². The van der Waals surface area contributed by atoms with Gasteiger partial charge in [0.1, 0.15) is 12.4 Å². The number of hydrogen-bond donors (Lipinski definition) is 1. The first-order valence-corrected chi connectivity index (χ1v) is 10.7. The van der Waals surface area contributed by atoms with Crippen molar-refractivity contribution in [1.82, 2.24) is 0 Å². The van der Waals surface area contributed by atoms with Crippen LogP contribution < -0.4 is 24.4 Å². The minimum absolute atomic E-state index is 0.0372. The van der Waals surface area contributed by atoms with Crippen LogP contribution in [0.1, 0.15) is 33.3 Å². The number of methoxy groups -OCH3 is 2. The normalized spacial score (nSPS) is 15.0. The van der Waals surface area contributed by atoms with Crippen molar-refractivity contribution in [3.8, 4) is 17.2 Å². The van der Waals surface area contributed by atoms with E-state index in [0.717, 1.165) is 11.3 Å². The Bertz CT molecular complexity index is 1000. The smallest absolute Gasteiger partial charge is 0.236 e. The van der Waals surface area contributed by atoms with E-state index in [9.17, 15) is 9.59 Å².